The van der Waals surface area contributed by atoms with Gasteiger partial charge >= 0.3 is 0 Å². The molecule has 0 saturated carbocycles. The summed E-state index contributed by atoms with van der Waals surface area (Å²) in [6, 6.07) is 38.6. The van der Waals surface area contributed by atoms with Crippen molar-refractivity contribution in [1.82, 2.24) is 4.98 Å². The predicted molar refractivity (Wildman–Crippen MR) is 122 cm³/mol. The zero-order valence-electron chi connectivity index (χ0n) is 16.9. The van der Waals surface area contributed by atoms with Crippen molar-refractivity contribution < 1.29 is 0 Å². The maximum absolute atomic E-state index is 4.42. The molecule has 3 aromatic carbocycles. The molecule has 2 heteroatoms. The van der Waals surface area contributed by atoms with Crippen molar-refractivity contribution >= 4 is 5.69 Å². The highest BCUT2D eigenvalue weighted by molar-refractivity contribution is 5.51. The first-order chi connectivity index (χ1) is 14.9. The minimum Gasteiger partial charge on any atom is -0.356 e. The lowest BCUT2D eigenvalue weighted by molar-refractivity contribution is 0.352. The van der Waals surface area contributed by atoms with Gasteiger partial charge in [-0.15, -0.1) is 0 Å². The minimum absolute atomic E-state index is 0.260. The predicted octanol–water partition coefficient (Wildman–Crippen LogP) is 6.75. The zero-order chi connectivity index (χ0) is 20.2. The van der Waals surface area contributed by atoms with Crippen molar-refractivity contribution in [1.29, 1.82) is 0 Å². The summed E-state index contributed by atoms with van der Waals surface area (Å²) in [5.41, 5.74) is 5.17. The SMILES string of the molecule is [c]1ccncc1N1C(c2ccccc2)CC(c2ccccc2)CC1c1ccccc1. The molecule has 0 spiro atoms. The van der Waals surface area contributed by atoms with Crippen LogP contribution >= 0.6 is 0 Å². The van der Waals surface area contributed by atoms with E-state index in [1.54, 1.807) is 6.20 Å². The summed E-state index contributed by atoms with van der Waals surface area (Å²) in [6.45, 7) is 0. The molecule has 2 nitrogen and oxygen atoms in total. The van der Waals surface area contributed by atoms with E-state index < -0.39 is 0 Å². The third kappa shape index (κ3) is 3.73. The molecule has 147 valence electrons. The third-order valence-electron chi connectivity index (χ3n) is 6.19. The number of pyridine rings is 1. The van der Waals surface area contributed by atoms with E-state index >= 15 is 0 Å². The van der Waals surface area contributed by atoms with Crippen molar-refractivity contribution in [3.8, 4) is 0 Å². The van der Waals surface area contributed by atoms with Crippen molar-refractivity contribution in [2.75, 3.05) is 4.90 Å². The Balaban J connectivity index is 1.64. The number of hydrogen-bond acceptors (Lipinski definition) is 2. The van der Waals surface area contributed by atoms with Crippen LogP contribution in [0.5, 0.6) is 0 Å². The lowest BCUT2D eigenvalue weighted by Crippen LogP contribution is -2.39. The number of hydrogen-bond donors (Lipinski definition) is 0. The summed E-state index contributed by atoms with van der Waals surface area (Å²) in [5, 5.41) is 0. The average Bonchev–Trinajstić information content (AvgIpc) is 2.85. The molecular weight excluding hydrogens is 364 g/mol. The van der Waals surface area contributed by atoms with E-state index in [0.717, 1.165) is 18.5 Å². The molecule has 0 bridgehead atoms. The zero-order valence-corrected chi connectivity index (χ0v) is 16.9. The van der Waals surface area contributed by atoms with Gasteiger partial charge in [0.2, 0.25) is 0 Å². The van der Waals surface area contributed by atoms with Crippen molar-refractivity contribution in [2.45, 2.75) is 30.8 Å². The Kier molecular flexibility index (Phi) is 5.30. The van der Waals surface area contributed by atoms with Gasteiger partial charge in [-0.1, -0.05) is 91.0 Å². The molecule has 0 amide bonds. The molecule has 1 aromatic heterocycles. The van der Waals surface area contributed by atoms with Crippen LogP contribution in [0.3, 0.4) is 0 Å². The highest BCUT2D eigenvalue weighted by Gasteiger charge is 2.38. The lowest BCUT2D eigenvalue weighted by Gasteiger charge is -2.47. The van der Waals surface area contributed by atoms with E-state index in [4.69, 9.17) is 0 Å². The summed E-state index contributed by atoms with van der Waals surface area (Å²) in [7, 11) is 0. The van der Waals surface area contributed by atoms with Crippen LogP contribution in [0.2, 0.25) is 0 Å². The van der Waals surface area contributed by atoms with E-state index in [0.29, 0.717) is 5.92 Å². The highest BCUT2D eigenvalue weighted by Crippen LogP contribution is 2.49. The second-order valence-corrected chi connectivity index (χ2v) is 7.96. The first kappa shape index (κ1) is 18.6. The van der Waals surface area contributed by atoms with Gasteiger partial charge in [0.15, 0.2) is 0 Å². The van der Waals surface area contributed by atoms with Crippen LogP contribution in [0.15, 0.2) is 109 Å². The first-order valence-electron chi connectivity index (χ1n) is 10.6. The van der Waals surface area contributed by atoms with Crippen LogP contribution in [0.1, 0.15) is 47.5 Å². The molecule has 2 heterocycles. The van der Waals surface area contributed by atoms with Gasteiger partial charge in [-0.3, -0.25) is 4.98 Å². The first-order valence-corrected chi connectivity index (χ1v) is 10.6. The Morgan fingerprint density at radius 2 is 1.17 bits per heavy atom. The van der Waals surface area contributed by atoms with Gasteiger partial charge in [0.25, 0.3) is 0 Å². The second kappa shape index (κ2) is 8.54. The molecule has 2 unspecified atom stereocenters. The number of nitrogens with zero attached hydrogens (tertiary/aromatic N) is 2. The van der Waals surface area contributed by atoms with E-state index in [9.17, 15) is 0 Å². The van der Waals surface area contributed by atoms with Crippen LogP contribution in [-0.2, 0) is 0 Å². The number of benzene rings is 3. The molecule has 0 aliphatic carbocycles. The van der Waals surface area contributed by atoms with Crippen molar-refractivity contribution in [2.24, 2.45) is 0 Å². The summed E-state index contributed by atoms with van der Waals surface area (Å²) in [5.74, 6) is 0.495. The summed E-state index contributed by atoms with van der Waals surface area (Å²) < 4.78 is 0. The third-order valence-corrected chi connectivity index (χ3v) is 6.19. The molecule has 5 rings (SSSR count). The maximum atomic E-state index is 4.42. The van der Waals surface area contributed by atoms with E-state index in [2.05, 4.69) is 107 Å². The van der Waals surface area contributed by atoms with Crippen LogP contribution in [-0.4, -0.2) is 4.98 Å². The fraction of sp³-hybridized carbons (Fsp3) is 0.179. The molecule has 0 N–H and O–H groups in total. The molecule has 2 atom stereocenters. The molecule has 1 fully saturated rings. The summed E-state index contributed by atoms with van der Waals surface area (Å²) >= 11 is 0. The number of piperidine rings is 1. The molecule has 1 saturated heterocycles. The molecule has 1 aliphatic rings. The van der Waals surface area contributed by atoms with Gasteiger partial charge in [-0.05, 0) is 41.5 Å². The van der Waals surface area contributed by atoms with Crippen LogP contribution in [0.4, 0.5) is 5.69 Å². The molecule has 4 aromatic rings. The number of aromatic nitrogens is 1. The molecular formula is C28H25N2. The second-order valence-electron chi connectivity index (χ2n) is 7.96. The Labute approximate surface area is 178 Å². The monoisotopic (exact) mass is 389 g/mol. The average molecular weight is 390 g/mol. The molecule has 1 radical (unpaired) electrons. The van der Waals surface area contributed by atoms with Gasteiger partial charge in [0.05, 0.1) is 24.0 Å². The van der Waals surface area contributed by atoms with E-state index in [-0.39, 0.29) is 12.1 Å². The Morgan fingerprint density at radius 1 is 0.667 bits per heavy atom. The molecule has 1 aliphatic heterocycles. The maximum Gasteiger partial charge on any atom is 0.0643 e. The van der Waals surface area contributed by atoms with Gasteiger partial charge in [-0.2, -0.15) is 0 Å². The summed E-state index contributed by atoms with van der Waals surface area (Å²) in [6.07, 6.45) is 5.89. The Morgan fingerprint density at radius 3 is 1.63 bits per heavy atom. The fourth-order valence-electron chi connectivity index (χ4n) is 4.81. The van der Waals surface area contributed by atoms with Gasteiger partial charge in [-0.25, -0.2) is 0 Å². The minimum atomic E-state index is 0.260. The smallest absolute Gasteiger partial charge is 0.0643 e. The lowest BCUT2D eigenvalue weighted by atomic mass is 9.77. The Hall–Kier alpha value is -3.39. The highest BCUT2D eigenvalue weighted by atomic mass is 15.2. The quantitative estimate of drug-likeness (QED) is 0.384. The molecule has 30 heavy (non-hydrogen) atoms. The van der Waals surface area contributed by atoms with Crippen molar-refractivity contribution in [3.63, 3.8) is 0 Å². The van der Waals surface area contributed by atoms with Crippen molar-refractivity contribution in [3.05, 3.63) is 132 Å². The normalized spacial score (nSPS) is 21.3. The van der Waals surface area contributed by atoms with E-state index in [1.165, 1.54) is 16.7 Å². The van der Waals surface area contributed by atoms with Crippen LogP contribution < -0.4 is 4.90 Å². The van der Waals surface area contributed by atoms with Crippen LogP contribution in [0, 0.1) is 6.07 Å². The largest absolute Gasteiger partial charge is 0.356 e. The van der Waals surface area contributed by atoms with Crippen LogP contribution in [0.25, 0.3) is 0 Å². The number of rotatable bonds is 4. The van der Waals surface area contributed by atoms with Gasteiger partial charge < -0.3 is 4.90 Å². The van der Waals surface area contributed by atoms with E-state index in [1.807, 2.05) is 12.3 Å². The standard InChI is InChI=1S/C28H25N2/c1-4-11-22(12-5-1)25-19-27(23-13-6-2-7-14-23)30(26-17-10-18-29-21-26)28(20-25)24-15-8-3-9-16-24/h1-16,18,21,25,27-28H,19-20H2. The Bertz CT molecular complexity index is 999. The number of anilines is 1. The fourth-order valence-corrected chi connectivity index (χ4v) is 4.81. The summed E-state index contributed by atoms with van der Waals surface area (Å²) in [4.78, 5) is 6.96. The van der Waals surface area contributed by atoms with Gasteiger partial charge in [0.1, 0.15) is 0 Å². The topological polar surface area (TPSA) is 16.1 Å². The van der Waals surface area contributed by atoms with Gasteiger partial charge in [0, 0.05) is 12.3 Å².